The zero-order valence-corrected chi connectivity index (χ0v) is 19.2. The van der Waals surface area contributed by atoms with Crippen molar-refractivity contribution in [2.24, 2.45) is 0 Å². The predicted octanol–water partition coefficient (Wildman–Crippen LogP) is 3.91. The van der Waals surface area contributed by atoms with Gasteiger partial charge in [0.05, 0.1) is 16.8 Å². The van der Waals surface area contributed by atoms with Crippen molar-refractivity contribution in [1.82, 2.24) is 4.72 Å². The minimum Gasteiger partial charge on any atom is -0.478 e. The standard InChI is InChI=1S/C21H17BrN2O5S2/c22-15-5-6-18(17(10-15)21(26)27)23-20(25)14-9-19(30-11-14)31(28,29)24-16-7-12-3-1-2-4-13(12)8-16/h1-6,9-11,16,24H,7-8H2,(H,23,25)(H,26,27). The number of thiophene rings is 1. The molecule has 0 unspecified atom stereocenters. The van der Waals surface area contributed by atoms with Crippen LogP contribution in [0, 0.1) is 0 Å². The van der Waals surface area contributed by atoms with Gasteiger partial charge in [0, 0.05) is 15.9 Å². The van der Waals surface area contributed by atoms with E-state index in [9.17, 15) is 23.1 Å². The summed E-state index contributed by atoms with van der Waals surface area (Å²) in [6.07, 6.45) is 1.24. The molecule has 0 spiro atoms. The highest BCUT2D eigenvalue weighted by Gasteiger charge is 2.28. The predicted molar refractivity (Wildman–Crippen MR) is 121 cm³/mol. The first-order valence-electron chi connectivity index (χ1n) is 9.25. The number of carbonyl (C=O) groups is 2. The fraction of sp³-hybridized carbons (Fsp3) is 0.143. The van der Waals surface area contributed by atoms with Gasteiger partial charge in [-0.1, -0.05) is 40.2 Å². The molecular formula is C21H17BrN2O5S2. The number of hydrogen-bond acceptors (Lipinski definition) is 5. The van der Waals surface area contributed by atoms with E-state index in [1.807, 2.05) is 24.3 Å². The smallest absolute Gasteiger partial charge is 0.337 e. The zero-order valence-electron chi connectivity index (χ0n) is 16.0. The topological polar surface area (TPSA) is 113 Å². The van der Waals surface area contributed by atoms with Gasteiger partial charge in [-0.05, 0) is 48.2 Å². The number of hydrogen-bond donors (Lipinski definition) is 3. The van der Waals surface area contributed by atoms with Gasteiger partial charge in [0.15, 0.2) is 0 Å². The van der Waals surface area contributed by atoms with E-state index in [1.54, 1.807) is 6.07 Å². The molecule has 0 atom stereocenters. The average Bonchev–Trinajstić information content (AvgIpc) is 3.35. The number of halogens is 1. The Balaban J connectivity index is 1.48. The van der Waals surface area contributed by atoms with Crippen LogP contribution in [0.4, 0.5) is 5.69 Å². The van der Waals surface area contributed by atoms with Gasteiger partial charge in [0.25, 0.3) is 5.91 Å². The van der Waals surface area contributed by atoms with E-state index in [0.29, 0.717) is 17.3 Å². The van der Waals surface area contributed by atoms with E-state index in [-0.39, 0.29) is 27.1 Å². The van der Waals surface area contributed by atoms with Crippen molar-refractivity contribution in [3.63, 3.8) is 0 Å². The molecule has 3 N–H and O–H groups in total. The molecule has 1 heterocycles. The number of nitrogens with one attached hydrogen (secondary N) is 2. The van der Waals surface area contributed by atoms with Gasteiger partial charge >= 0.3 is 5.97 Å². The summed E-state index contributed by atoms with van der Waals surface area (Å²) in [5.41, 5.74) is 2.45. The van der Waals surface area contributed by atoms with Crippen LogP contribution >= 0.6 is 27.3 Å². The highest BCUT2D eigenvalue weighted by Crippen LogP contribution is 2.27. The van der Waals surface area contributed by atoms with Gasteiger partial charge in [-0.3, -0.25) is 4.79 Å². The molecule has 0 saturated carbocycles. The second-order valence-electron chi connectivity index (χ2n) is 7.10. The summed E-state index contributed by atoms with van der Waals surface area (Å²) in [6.45, 7) is 0. The molecule has 2 aromatic carbocycles. The summed E-state index contributed by atoms with van der Waals surface area (Å²) < 4.78 is 28.9. The number of amides is 1. The van der Waals surface area contributed by atoms with E-state index in [1.165, 1.54) is 23.6 Å². The third kappa shape index (κ3) is 4.72. The normalized spacial score (nSPS) is 13.7. The Morgan fingerprint density at radius 3 is 2.39 bits per heavy atom. The highest BCUT2D eigenvalue weighted by atomic mass is 79.9. The molecule has 10 heteroatoms. The summed E-state index contributed by atoms with van der Waals surface area (Å²) in [5, 5.41) is 13.3. The highest BCUT2D eigenvalue weighted by molar-refractivity contribution is 9.10. The lowest BCUT2D eigenvalue weighted by atomic mass is 10.1. The molecule has 3 aromatic rings. The van der Waals surface area contributed by atoms with Crippen LogP contribution in [-0.2, 0) is 22.9 Å². The van der Waals surface area contributed by atoms with Crippen molar-refractivity contribution in [3.8, 4) is 0 Å². The van der Waals surface area contributed by atoms with Crippen LogP contribution < -0.4 is 10.0 Å². The third-order valence-corrected chi connectivity index (χ3v) is 8.39. The molecule has 31 heavy (non-hydrogen) atoms. The first-order valence-corrected chi connectivity index (χ1v) is 12.4. The Labute approximate surface area is 191 Å². The number of sulfonamides is 1. The summed E-state index contributed by atoms with van der Waals surface area (Å²) in [4.78, 5) is 24.0. The number of carboxylic acids is 1. The van der Waals surface area contributed by atoms with Crippen molar-refractivity contribution in [3.05, 3.63) is 80.6 Å². The van der Waals surface area contributed by atoms with E-state index in [4.69, 9.17) is 0 Å². The maximum absolute atomic E-state index is 12.8. The van der Waals surface area contributed by atoms with Crippen molar-refractivity contribution in [2.75, 3.05) is 5.32 Å². The Kier molecular flexibility index (Phi) is 5.98. The van der Waals surface area contributed by atoms with Crippen LogP contribution in [-0.4, -0.2) is 31.4 Å². The van der Waals surface area contributed by atoms with E-state index >= 15 is 0 Å². The number of carboxylic acid groups (broad SMARTS) is 1. The molecule has 1 aliphatic rings. The molecular weight excluding hydrogens is 504 g/mol. The van der Waals surface area contributed by atoms with Gasteiger partial charge in [0.1, 0.15) is 4.21 Å². The van der Waals surface area contributed by atoms with Crippen molar-refractivity contribution in [2.45, 2.75) is 23.1 Å². The Bertz CT molecular complexity index is 1260. The molecule has 1 aromatic heterocycles. The Morgan fingerprint density at radius 2 is 1.74 bits per heavy atom. The fourth-order valence-corrected chi connectivity index (χ4v) is 6.27. The van der Waals surface area contributed by atoms with Crippen LogP contribution in [0.25, 0.3) is 0 Å². The SMILES string of the molecule is O=C(Nc1ccc(Br)cc1C(=O)O)c1csc(S(=O)(=O)NC2Cc3ccccc3C2)c1. The quantitative estimate of drug-likeness (QED) is 0.456. The van der Waals surface area contributed by atoms with Crippen molar-refractivity contribution >= 4 is 54.9 Å². The molecule has 160 valence electrons. The van der Waals surface area contributed by atoms with Gasteiger partial charge < -0.3 is 10.4 Å². The minimum absolute atomic E-state index is 0.0304. The number of aromatic carboxylic acids is 1. The van der Waals surface area contributed by atoms with Crippen molar-refractivity contribution < 1.29 is 23.1 Å². The molecule has 7 nitrogen and oxygen atoms in total. The molecule has 0 aliphatic heterocycles. The zero-order chi connectivity index (χ0) is 22.2. The number of carbonyl (C=O) groups excluding carboxylic acids is 1. The summed E-state index contributed by atoms with van der Waals surface area (Å²) in [6, 6.07) is 13.4. The lowest BCUT2D eigenvalue weighted by Crippen LogP contribution is -2.34. The first kappa shape index (κ1) is 21.7. The number of anilines is 1. The monoisotopic (exact) mass is 520 g/mol. The van der Waals surface area contributed by atoms with Crippen LogP contribution in [0.3, 0.4) is 0 Å². The van der Waals surface area contributed by atoms with Gasteiger partial charge in [-0.25, -0.2) is 17.9 Å². The van der Waals surface area contributed by atoms with E-state index < -0.39 is 21.9 Å². The van der Waals surface area contributed by atoms with Gasteiger partial charge in [-0.15, -0.1) is 11.3 Å². The molecule has 0 bridgehead atoms. The number of rotatable bonds is 6. The summed E-state index contributed by atoms with van der Waals surface area (Å²) in [7, 11) is -3.79. The lowest BCUT2D eigenvalue weighted by molar-refractivity contribution is 0.0698. The van der Waals surface area contributed by atoms with Crippen LogP contribution in [0.2, 0.25) is 0 Å². The number of fused-ring (bicyclic) bond motifs is 1. The van der Waals surface area contributed by atoms with Crippen molar-refractivity contribution in [1.29, 1.82) is 0 Å². The third-order valence-electron chi connectivity index (χ3n) is 4.94. The Morgan fingerprint density at radius 1 is 1.06 bits per heavy atom. The van der Waals surface area contributed by atoms with Crippen LogP contribution in [0.1, 0.15) is 31.8 Å². The summed E-state index contributed by atoms with van der Waals surface area (Å²) >= 11 is 4.14. The van der Waals surface area contributed by atoms with Crippen LogP contribution in [0.15, 0.2) is 62.6 Å². The molecule has 4 rings (SSSR count). The molecule has 0 saturated heterocycles. The lowest BCUT2D eigenvalue weighted by Gasteiger charge is -2.11. The Hall–Kier alpha value is -2.53. The maximum atomic E-state index is 12.8. The molecule has 0 fully saturated rings. The minimum atomic E-state index is -3.79. The van der Waals surface area contributed by atoms with Gasteiger partial charge in [0.2, 0.25) is 10.0 Å². The van der Waals surface area contributed by atoms with E-state index in [0.717, 1.165) is 22.5 Å². The van der Waals surface area contributed by atoms with Gasteiger partial charge in [-0.2, -0.15) is 0 Å². The van der Waals surface area contributed by atoms with Crippen LogP contribution in [0.5, 0.6) is 0 Å². The second kappa shape index (κ2) is 8.54. The fourth-order valence-electron chi connectivity index (χ4n) is 3.49. The first-order chi connectivity index (χ1) is 14.7. The average molecular weight is 521 g/mol. The maximum Gasteiger partial charge on any atom is 0.337 e. The molecule has 1 aliphatic carbocycles. The second-order valence-corrected chi connectivity index (χ2v) is 10.9. The molecule has 0 radical (unpaired) electrons. The number of benzene rings is 2. The van der Waals surface area contributed by atoms with E-state index in [2.05, 4.69) is 26.0 Å². The largest absolute Gasteiger partial charge is 0.478 e. The summed E-state index contributed by atoms with van der Waals surface area (Å²) in [5.74, 6) is -1.78. The molecule has 1 amide bonds.